The summed E-state index contributed by atoms with van der Waals surface area (Å²) in [6.45, 7) is 0.736. The molecule has 0 unspecified atom stereocenters. The van der Waals surface area contributed by atoms with Crippen molar-refractivity contribution >= 4 is 23.4 Å². The van der Waals surface area contributed by atoms with Crippen LogP contribution in [0, 0.1) is 0 Å². The molecule has 2 nitrogen and oxygen atoms in total. The molecular formula is C15H13ClO2S. The molecule has 0 amide bonds. The molecule has 0 saturated carbocycles. The Morgan fingerprint density at radius 3 is 3.00 bits per heavy atom. The molecule has 0 spiro atoms. The van der Waals surface area contributed by atoms with E-state index in [9.17, 15) is 5.11 Å². The molecule has 0 atom stereocenters. The maximum absolute atomic E-state index is 9.45. The summed E-state index contributed by atoms with van der Waals surface area (Å²) in [5, 5.41) is 10.2. The molecule has 0 fully saturated rings. The number of benzene rings is 2. The number of phenolic OH excluding ortho intramolecular Hbond substituents is 1. The highest BCUT2D eigenvalue weighted by atomic mass is 35.5. The van der Waals surface area contributed by atoms with Crippen molar-refractivity contribution in [2.75, 3.05) is 6.61 Å². The second-order valence-electron chi connectivity index (χ2n) is 4.44. The Balaban J connectivity index is 1.81. The molecule has 1 heterocycles. The standard InChI is InChI=1S/C15H13ClO2S/c16-12-6-10-4-5-18-15(10)11(7-12)9-19-14-3-1-2-13(17)8-14/h1-3,6-8,17H,4-5,9H2. The van der Waals surface area contributed by atoms with Gasteiger partial charge in [-0.1, -0.05) is 17.7 Å². The van der Waals surface area contributed by atoms with E-state index in [0.717, 1.165) is 40.0 Å². The minimum Gasteiger partial charge on any atom is -0.508 e. The fourth-order valence-corrected chi connectivity index (χ4v) is 3.37. The summed E-state index contributed by atoms with van der Waals surface area (Å²) < 4.78 is 5.68. The maximum Gasteiger partial charge on any atom is 0.126 e. The van der Waals surface area contributed by atoms with E-state index in [-0.39, 0.29) is 5.75 Å². The number of rotatable bonds is 3. The van der Waals surface area contributed by atoms with Crippen LogP contribution < -0.4 is 4.74 Å². The zero-order valence-corrected chi connectivity index (χ0v) is 11.8. The summed E-state index contributed by atoms with van der Waals surface area (Å²) >= 11 is 7.79. The Hall–Kier alpha value is -1.32. The lowest BCUT2D eigenvalue weighted by Crippen LogP contribution is -1.90. The molecule has 2 aromatic carbocycles. The SMILES string of the molecule is Oc1cccc(SCc2cc(Cl)cc3c2OCC3)c1. The molecule has 0 saturated heterocycles. The van der Waals surface area contributed by atoms with Gasteiger partial charge in [0.1, 0.15) is 11.5 Å². The summed E-state index contributed by atoms with van der Waals surface area (Å²) in [6, 6.07) is 11.2. The van der Waals surface area contributed by atoms with Crippen LogP contribution in [0.3, 0.4) is 0 Å². The highest BCUT2D eigenvalue weighted by Crippen LogP contribution is 2.36. The zero-order valence-electron chi connectivity index (χ0n) is 10.2. The molecule has 0 radical (unpaired) electrons. The first-order valence-corrected chi connectivity index (χ1v) is 7.44. The van der Waals surface area contributed by atoms with Crippen molar-refractivity contribution in [3.63, 3.8) is 0 Å². The van der Waals surface area contributed by atoms with Gasteiger partial charge in [0.25, 0.3) is 0 Å². The molecule has 0 aromatic heterocycles. The summed E-state index contributed by atoms with van der Waals surface area (Å²) in [6.07, 6.45) is 0.930. The highest BCUT2D eigenvalue weighted by molar-refractivity contribution is 7.98. The molecule has 0 bridgehead atoms. The van der Waals surface area contributed by atoms with Gasteiger partial charge < -0.3 is 9.84 Å². The fraction of sp³-hybridized carbons (Fsp3) is 0.200. The minimum absolute atomic E-state index is 0.289. The summed E-state index contributed by atoms with van der Waals surface area (Å²) in [5.74, 6) is 2.06. The minimum atomic E-state index is 0.289. The monoisotopic (exact) mass is 292 g/mol. The predicted molar refractivity (Wildman–Crippen MR) is 78.3 cm³/mol. The van der Waals surface area contributed by atoms with Crippen LogP contribution in [0.25, 0.3) is 0 Å². The number of ether oxygens (including phenoxy) is 1. The molecule has 1 N–H and O–H groups in total. The Labute approximate surface area is 121 Å². The number of fused-ring (bicyclic) bond motifs is 1. The fourth-order valence-electron chi connectivity index (χ4n) is 2.19. The van der Waals surface area contributed by atoms with E-state index in [1.807, 2.05) is 24.3 Å². The Kier molecular flexibility index (Phi) is 3.58. The number of hydrogen-bond acceptors (Lipinski definition) is 3. The van der Waals surface area contributed by atoms with Gasteiger partial charge in [-0.25, -0.2) is 0 Å². The predicted octanol–water partition coefficient (Wildman–Crippen LogP) is 4.27. The third kappa shape index (κ3) is 2.82. The van der Waals surface area contributed by atoms with Gasteiger partial charge >= 0.3 is 0 Å². The first-order valence-electron chi connectivity index (χ1n) is 6.08. The third-order valence-electron chi connectivity index (χ3n) is 3.04. The van der Waals surface area contributed by atoms with Gasteiger partial charge in [-0.05, 0) is 35.9 Å². The first-order chi connectivity index (χ1) is 9.22. The highest BCUT2D eigenvalue weighted by Gasteiger charge is 2.17. The maximum atomic E-state index is 9.45. The normalized spacial score (nSPS) is 13.1. The summed E-state index contributed by atoms with van der Waals surface area (Å²) in [7, 11) is 0. The van der Waals surface area contributed by atoms with E-state index in [0.29, 0.717) is 0 Å². The van der Waals surface area contributed by atoms with Crippen LogP contribution in [0.5, 0.6) is 11.5 Å². The smallest absolute Gasteiger partial charge is 0.126 e. The van der Waals surface area contributed by atoms with Crippen molar-refractivity contribution in [1.82, 2.24) is 0 Å². The molecule has 4 heteroatoms. The van der Waals surface area contributed by atoms with Gasteiger partial charge in [-0.15, -0.1) is 11.8 Å². The average molecular weight is 293 g/mol. The zero-order chi connectivity index (χ0) is 13.2. The number of phenols is 1. The van der Waals surface area contributed by atoms with Crippen molar-refractivity contribution in [3.8, 4) is 11.5 Å². The van der Waals surface area contributed by atoms with Gasteiger partial charge in [0.05, 0.1) is 6.61 Å². The quantitative estimate of drug-likeness (QED) is 0.857. The van der Waals surface area contributed by atoms with E-state index in [1.165, 1.54) is 5.56 Å². The topological polar surface area (TPSA) is 29.5 Å². The van der Waals surface area contributed by atoms with E-state index in [2.05, 4.69) is 0 Å². The average Bonchev–Trinajstić information content (AvgIpc) is 2.84. The summed E-state index contributed by atoms with van der Waals surface area (Å²) in [5.41, 5.74) is 2.31. The van der Waals surface area contributed by atoms with Crippen LogP contribution in [-0.2, 0) is 12.2 Å². The van der Waals surface area contributed by atoms with Gasteiger partial charge in [-0.2, -0.15) is 0 Å². The van der Waals surface area contributed by atoms with Crippen molar-refractivity contribution in [3.05, 3.63) is 52.5 Å². The first kappa shape index (κ1) is 12.7. The van der Waals surface area contributed by atoms with E-state index < -0.39 is 0 Å². The van der Waals surface area contributed by atoms with Gasteiger partial charge in [0.2, 0.25) is 0 Å². The van der Waals surface area contributed by atoms with Crippen LogP contribution in [0.4, 0.5) is 0 Å². The molecular weight excluding hydrogens is 280 g/mol. The molecule has 98 valence electrons. The van der Waals surface area contributed by atoms with Crippen molar-refractivity contribution in [1.29, 1.82) is 0 Å². The largest absolute Gasteiger partial charge is 0.508 e. The molecule has 1 aliphatic rings. The third-order valence-corrected chi connectivity index (χ3v) is 4.30. The number of halogens is 1. The van der Waals surface area contributed by atoms with Gasteiger partial charge in [-0.3, -0.25) is 0 Å². The molecule has 1 aliphatic heterocycles. The molecule has 3 rings (SSSR count). The Morgan fingerprint density at radius 1 is 1.26 bits per heavy atom. The second-order valence-corrected chi connectivity index (χ2v) is 5.92. The molecule has 2 aromatic rings. The van der Waals surface area contributed by atoms with Crippen LogP contribution in [0.1, 0.15) is 11.1 Å². The van der Waals surface area contributed by atoms with Crippen LogP contribution in [0.15, 0.2) is 41.3 Å². The lowest BCUT2D eigenvalue weighted by Gasteiger charge is -2.09. The Morgan fingerprint density at radius 2 is 2.16 bits per heavy atom. The lowest BCUT2D eigenvalue weighted by atomic mass is 10.1. The molecule has 0 aliphatic carbocycles. The van der Waals surface area contributed by atoms with Crippen molar-refractivity contribution in [2.45, 2.75) is 17.1 Å². The summed E-state index contributed by atoms with van der Waals surface area (Å²) in [4.78, 5) is 1.03. The number of hydrogen-bond donors (Lipinski definition) is 1. The Bertz CT molecular complexity index is 613. The second kappa shape index (κ2) is 5.35. The van der Waals surface area contributed by atoms with E-state index in [4.69, 9.17) is 16.3 Å². The number of thioether (sulfide) groups is 1. The lowest BCUT2D eigenvalue weighted by molar-refractivity contribution is 0.354. The van der Waals surface area contributed by atoms with Gasteiger partial charge in [0, 0.05) is 27.7 Å². The van der Waals surface area contributed by atoms with E-state index in [1.54, 1.807) is 23.9 Å². The van der Waals surface area contributed by atoms with Crippen molar-refractivity contribution in [2.24, 2.45) is 0 Å². The van der Waals surface area contributed by atoms with Crippen LogP contribution in [0.2, 0.25) is 5.02 Å². The van der Waals surface area contributed by atoms with Gasteiger partial charge in [0.15, 0.2) is 0 Å². The van der Waals surface area contributed by atoms with Crippen LogP contribution in [-0.4, -0.2) is 11.7 Å². The van der Waals surface area contributed by atoms with E-state index >= 15 is 0 Å². The van der Waals surface area contributed by atoms with Crippen LogP contribution >= 0.6 is 23.4 Å². The number of aromatic hydroxyl groups is 1. The van der Waals surface area contributed by atoms with Crippen molar-refractivity contribution < 1.29 is 9.84 Å². The molecule has 19 heavy (non-hydrogen) atoms.